The van der Waals surface area contributed by atoms with Gasteiger partial charge in [0.15, 0.2) is 0 Å². The highest BCUT2D eigenvalue weighted by molar-refractivity contribution is 5.96. The summed E-state index contributed by atoms with van der Waals surface area (Å²) in [4.78, 5) is 18.3. The van der Waals surface area contributed by atoms with E-state index in [0.717, 1.165) is 36.0 Å². The van der Waals surface area contributed by atoms with Crippen LogP contribution in [-0.4, -0.2) is 30.6 Å². The fraction of sp³-hybridized carbons (Fsp3) is 0.312. The number of fused-ring (bicyclic) bond motifs is 1. The molecule has 0 radical (unpaired) electrons. The fourth-order valence-electron chi connectivity index (χ4n) is 2.93. The minimum atomic E-state index is -0.326. The number of nitrogens with zero attached hydrogens (tertiary/aromatic N) is 3. The van der Waals surface area contributed by atoms with Crippen LogP contribution >= 0.6 is 0 Å². The van der Waals surface area contributed by atoms with E-state index in [4.69, 9.17) is 4.74 Å². The lowest BCUT2D eigenvalue weighted by Crippen LogP contribution is -2.37. The average molecular weight is 281 g/mol. The SMILES string of the molecule is COC(=O)C1CCCN1c1c(C#N)cnc2ccccc12. The zero-order valence-electron chi connectivity index (χ0n) is 11.7. The molecule has 1 aliphatic heterocycles. The van der Waals surface area contributed by atoms with Gasteiger partial charge in [-0.3, -0.25) is 4.98 Å². The van der Waals surface area contributed by atoms with Gasteiger partial charge in [-0.25, -0.2) is 4.79 Å². The predicted molar refractivity (Wildman–Crippen MR) is 78.8 cm³/mol. The van der Waals surface area contributed by atoms with Gasteiger partial charge in [0.25, 0.3) is 0 Å². The van der Waals surface area contributed by atoms with Gasteiger partial charge >= 0.3 is 5.97 Å². The third kappa shape index (κ3) is 2.19. The van der Waals surface area contributed by atoms with Crippen molar-refractivity contribution in [3.63, 3.8) is 0 Å². The second kappa shape index (κ2) is 5.41. The van der Waals surface area contributed by atoms with Gasteiger partial charge in [0.05, 0.1) is 23.9 Å². The number of rotatable bonds is 2. The van der Waals surface area contributed by atoms with Gasteiger partial charge in [0.1, 0.15) is 12.1 Å². The number of methoxy groups -OCH3 is 1. The maximum Gasteiger partial charge on any atom is 0.328 e. The summed E-state index contributed by atoms with van der Waals surface area (Å²) in [6.45, 7) is 0.739. The lowest BCUT2D eigenvalue weighted by molar-refractivity contribution is -0.141. The van der Waals surface area contributed by atoms with E-state index in [2.05, 4.69) is 11.1 Å². The maximum absolute atomic E-state index is 12.0. The van der Waals surface area contributed by atoms with Crippen molar-refractivity contribution in [1.82, 2.24) is 4.98 Å². The molecular formula is C16H15N3O2. The summed E-state index contributed by atoms with van der Waals surface area (Å²) < 4.78 is 4.89. The van der Waals surface area contributed by atoms with Crippen molar-refractivity contribution in [2.45, 2.75) is 18.9 Å². The zero-order valence-corrected chi connectivity index (χ0v) is 11.7. The Balaban J connectivity index is 2.19. The Morgan fingerprint density at radius 1 is 1.48 bits per heavy atom. The van der Waals surface area contributed by atoms with Crippen LogP contribution in [0.2, 0.25) is 0 Å². The van der Waals surface area contributed by atoms with Gasteiger partial charge in [-0.15, -0.1) is 0 Å². The van der Waals surface area contributed by atoms with E-state index in [1.54, 1.807) is 6.20 Å². The van der Waals surface area contributed by atoms with Gasteiger partial charge in [0.2, 0.25) is 0 Å². The second-order valence-corrected chi connectivity index (χ2v) is 5.02. The highest BCUT2D eigenvalue weighted by Crippen LogP contribution is 2.34. The third-order valence-electron chi connectivity index (χ3n) is 3.88. The van der Waals surface area contributed by atoms with Crippen molar-refractivity contribution >= 4 is 22.6 Å². The first-order chi connectivity index (χ1) is 10.3. The number of anilines is 1. The molecule has 0 saturated carbocycles. The number of nitriles is 1. The zero-order chi connectivity index (χ0) is 14.8. The standard InChI is InChI=1S/C16H15N3O2/c1-21-16(20)14-7-4-8-19(14)15-11(9-17)10-18-13-6-3-2-5-12(13)15/h2-3,5-6,10,14H,4,7-8H2,1H3. The van der Waals surface area contributed by atoms with E-state index < -0.39 is 0 Å². The lowest BCUT2D eigenvalue weighted by Gasteiger charge is -2.26. The molecule has 1 aliphatic rings. The van der Waals surface area contributed by atoms with E-state index >= 15 is 0 Å². The monoisotopic (exact) mass is 281 g/mol. The highest BCUT2D eigenvalue weighted by Gasteiger charge is 2.33. The molecule has 0 aliphatic carbocycles. The largest absolute Gasteiger partial charge is 0.467 e. The molecule has 0 amide bonds. The molecule has 1 unspecified atom stereocenters. The molecule has 1 fully saturated rings. The molecule has 0 spiro atoms. The first-order valence-corrected chi connectivity index (χ1v) is 6.88. The molecule has 0 N–H and O–H groups in total. The van der Waals surface area contributed by atoms with Gasteiger partial charge in [0, 0.05) is 18.1 Å². The number of hydrogen-bond acceptors (Lipinski definition) is 5. The van der Waals surface area contributed by atoms with Crippen LogP contribution in [-0.2, 0) is 9.53 Å². The van der Waals surface area contributed by atoms with E-state index in [-0.39, 0.29) is 12.0 Å². The van der Waals surface area contributed by atoms with Crippen molar-refractivity contribution < 1.29 is 9.53 Å². The number of esters is 1. The number of hydrogen-bond donors (Lipinski definition) is 0. The molecule has 5 nitrogen and oxygen atoms in total. The van der Waals surface area contributed by atoms with E-state index in [1.807, 2.05) is 29.2 Å². The molecule has 21 heavy (non-hydrogen) atoms. The van der Waals surface area contributed by atoms with Crippen LogP contribution in [0.3, 0.4) is 0 Å². The summed E-state index contributed by atoms with van der Waals surface area (Å²) in [5, 5.41) is 10.3. The highest BCUT2D eigenvalue weighted by atomic mass is 16.5. The molecule has 1 aromatic carbocycles. The van der Waals surface area contributed by atoms with Crippen LogP contribution in [0.1, 0.15) is 18.4 Å². The molecule has 1 saturated heterocycles. The van der Waals surface area contributed by atoms with Crippen LogP contribution in [0.15, 0.2) is 30.5 Å². The number of para-hydroxylation sites is 1. The van der Waals surface area contributed by atoms with E-state index in [1.165, 1.54) is 7.11 Å². The van der Waals surface area contributed by atoms with Gasteiger partial charge < -0.3 is 9.64 Å². The molecular weight excluding hydrogens is 266 g/mol. The Morgan fingerprint density at radius 3 is 3.05 bits per heavy atom. The third-order valence-corrected chi connectivity index (χ3v) is 3.88. The van der Waals surface area contributed by atoms with Crippen molar-refractivity contribution in [2.24, 2.45) is 0 Å². The fourth-order valence-corrected chi connectivity index (χ4v) is 2.93. The molecule has 106 valence electrons. The van der Waals surface area contributed by atoms with Crippen LogP contribution in [0.5, 0.6) is 0 Å². The first kappa shape index (κ1) is 13.4. The Morgan fingerprint density at radius 2 is 2.29 bits per heavy atom. The summed E-state index contributed by atoms with van der Waals surface area (Å²) in [5.74, 6) is -0.253. The van der Waals surface area contributed by atoms with Gasteiger partial charge in [-0.05, 0) is 18.9 Å². The smallest absolute Gasteiger partial charge is 0.328 e. The maximum atomic E-state index is 12.0. The Kier molecular flexibility index (Phi) is 3.44. The van der Waals surface area contributed by atoms with Crippen LogP contribution < -0.4 is 4.90 Å². The second-order valence-electron chi connectivity index (χ2n) is 5.02. The van der Waals surface area contributed by atoms with E-state index in [0.29, 0.717) is 5.56 Å². The topological polar surface area (TPSA) is 66.2 Å². The van der Waals surface area contributed by atoms with Gasteiger partial charge in [-0.2, -0.15) is 5.26 Å². The predicted octanol–water partition coefficient (Wildman–Crippen LogP) is 2.25. The van der Waals surface area contributed by atoms with Gasteiger partial charge in [-0.1, -0.05) is 18.2 Å². The summed E-state index contributed by atoms with van der Waals surface area (Å²) >= 11 is 0. The van der Waals surface area contributed by atoms with Crippen molar-refractivity contribution in [3.05, 3.63) is 36.0 Å². The molecule has 2 aromatic rings. The number of carbonyl (C=O) groups is 1. The Labute approximate surface area is 122 Å². The summed E-state index contributed by atoms with van der Waals surface area (Å²) in [7, 11) is 1.40. The van der Waals surface area contributed by atoms with Crippen molar-refractivity contribution in [3.8, 4) is 6.07 Å². The minimum Gasteiger partial charge on any atom is -0.467 e. The Hall–Kier alpha value is -2.61. The molecule has 1 atom stereocenters. The molecule has 5 heteroatoms. The van der Waals surface area contributed by atoms with Crippen LogP contribution in [0.25, 0.3) is 10.9 Å². The van der Waals surface area contributed by atoms with Crippen LogP contribution in [0.4, 0.5) is 5.69 Å². The number of carbonyl (C=O) groups excluding carboxylic acids is 1. The number of aromatic nitrogens is 1. The Bertz CT molecular complexity index is 736. The number of benzene rings is 1. The minimum absolute atomic E-state index is 0.253. The summed E-state index contributed by atoms with van der Waals surface area (Å²) in [6, 6.07) is 9.53. The molecule has 3 rings (SSSR count). The number of pyridine rings is 1. The first-order valence-electron chi connectivity index (χ1n) is 6.88. The average Bonchev–Trinajstić information content (AvgIpc) is 3.02. The van der Waals surface area contributed by atoms with Crippen molar-refractivity contribution in [2.75, 3.05) is 18.6 Å². The lowest BCUT2D eigenvalue weighted by atomic mass is 10.1. The summed E-state index contributed by atoms with van der Waals surface area (Å²) in [5.41, 5.74) is 2.10. The number of ether oxygens (including phenoxy) is 1. The normalized spacial score (nSPS) is 17.7. The molecule has 1 aromatic heterocycles. The molecule has 2 heterocycles. The van der Waals surface area contributed by atoms with Crippen molar-refractivity contribution in [1.29, 1.82) is 5.26 Å². The molecule has 0 bridgehead atoms. The van der Waals surface area contributed by atoms with Crippen LogP contribution in [0, 0.1) is 11.3 Å². The quantitative estimate of drug-likeness (QED) is 0.790. The van der Waals surface area contributed by atoms with E-state index in [9.17, 15) is 10.1 Å². The summed E-state index contributed by atoms with van der Waals surface area (Å²) in [6.07, 6.45) is 3.22.